The molecule has 3 aromatic heterocycles. The standard InChI is InChI=1S/C21H25N5O2S/c27-20(25-8-1-2-9-25)19-18(26-12-13-29-21(26)23-19)15-24-10-5-16(6-11-24)28-17-4-3-7-22-14-17/h3-4,7,12-14,16H,1-2,5-6,8-11,15H2. The van der Waals surface area contributed by atoms with Crippen molar-refractivity contribution in [1.82, 2.24) is 24.2 Å². The Balaban J connectivity index is 1.27. The molecule has 7 nitrogen and oxygen atoms in total. The normalized spacial score (nSPS) is 18.6. The molecular weight excluding hydrogens is 386 g/mol. The van der Waals surface area contributed by atoms with E-state index in [-0.39, 0.29) is 12.0 Å². The predicted molar refractivity (Wildman–Crippen MR) is 111 cm³/mol. The van der Waals surface area contributed by atoms with Crippen molar-refractivity contribution in [3.8, 4) is 5.75 Å². The van der Waals surface area contributed by atoms with E-state index < -0.39 is 0 Å². The predicted octanol–water partition coefficient (Wildman–Crippen LogP) is 3.07. The summed E-state index contributed by atoms with van der Waals surface area (Å²) in [6, 6.07) is 3.85. The van der Waals surface area contributed by atoms with Crippen molar-refractivity contribution in [3.63, 3.8) is 0 Å². The van der Waals surface area contributed by atoms with Gasteiger partial charge in [0.25, 0.3) is 5.91 Å². The van der Waals surface area contributed by atoms with E-state index in [1.807, 2.05) is 28.6 Å². The van der Waals surface area contributed by atoms with Crippen LogP contribution in [0, 0.1) is 0 Å². The first-order valence-corrected chi connectivity index (χ1v) is 11.2. The van der Waals surface area contributed by atoms with E-state index in [1.54, 1.807) is 23.7 Å². The van der Waals surface area contributed by atoms with E-state index in [9.17, 15) is 4.79 Å². The molecule has 2 aliphatic heterocycles. The molecule has 0 saturated carbocycles. The van der Waals surface area contributed by atoms with Crippen LogP contribution in [0.4, 0.5) is 0 Å². The Hall–Kier alpha value is -2.45. The van der Waals surface area contributed by atoms with E-state index in [1.165, 1.54) is 0 Å². The van der Waals surface area contributed by atoms with E-state index >= 15 is 0 Å². The molecule has 2 fully saturated rings. The Morgan fingerprint density at radius 3 is 2.79 bits per heavy atom. The molecule has 0 bridgehead atoms. The van der Waals surface area contributed by atoms with Crippen LogP contribution < -0.4 is 4.74 Å². The first-order chi connectivity index (χ1) is 14.3. The molecule has 152 valence electrons. The molecule has 8 heteroatoms. The zero-order valence-corrected chi connectivity index (χ0v) is 17.2. The van der Waals surface area contributed by atoms with Gasteiger partial charge in [-0.05, 0) is 37.8 Å². The van der Waals surface area contributed by atoms with Crippen LogP contribution in [-0.2, 0) is 6.54 Å². The third-order valence-electron chi connectivity index (χ3n) is 5.80. The quantitative estimate of drug-likeness (QED) is 0.646. The Labute approximate surface area is 173 Å². The lowest BCUT2D eigenvalue weighted by Gasteiger charge is -2.32. The summed E-state index contributed by atoms with van der Waals surface area (Å²) in [5.74, 6) is 0.920. The number of rotatable bonds is 5. The van der Waals surface area contributed by atoms with Crippen molar-refractivity contribution in [2.45, 2.75) is 38.3 Å². The second kappa shape index (κ2) is 8.12. The number of amides is 1. The van der Waals surface area contributed by atoms with Crippen LogP contribution in [0.25, 0.3) is 4.96 Å². The number of thiazole rings is 1. The van der Waals surface area contributed by atoms with E-state index in [0.29, 0.717) is 5.69 Å². The van der Waals surface area contributed by atoms with Crippen molar-refractivity contribution < 1.29 is 9.53 Å². The number of fused-ring (bicyclic) bond motifs is 1. The van der Waals surface area contributed by atoms with Gasteiger partial charge in [0.15, 0.2) is 10.7 Å². The number of piperidine rings is 1. The maximum atomic E-state index is 13.0. The summed E-state index contributed by atoms with van der Waals surface area (Å²) in [7, 11) is 0. The van der Waals surface area contributed by atoms with Crippen molar-refractivity contribution in [3.05, 3.63) is 47.5 Å². The van der Waals surface area contributed by atoms with Crippen molar-refractivity contribution >= 4 is 22.2 Å². The maximum absolute atomic E-state index is 13.0. The number of likely N-dealkylation sites (tertiary alicyclic amines) is 2. The number of pyridine rings is 1. The Bertz CT molecular complexity index is 972. The average Bonchev–Trinajstić information content (AvgIpc) is 3.49. The Morgan fingerprint density at radius 1 is 1.21 bits per heavy atom. The van der Waals surface area contributed by atoms with Gasteiger partial charge in [-0.25, -0.2) is 4.98 Å². The van der Waals surface area contributed by atoms with Crippen molar-refractivity contribution in [1.29, 1.82) is 0 Å². The van der Waals surface area contributed by atoms with E-state index in [2.05, 4.69) is 19.3 Å². The minimum Gasteiger partial charge on any atom is -0.489 e. The number of carbonyl (C=O) groups excluding carboxylic acids is 1. The fraction of sp³-hybridized carbons (Fsp3) is 0.476. The second-order valence-electron chi connectivity index (χ2n) is 7.74. The average molecular weight is 412 g/mol. The molecule has 0 unspecified atom stereocenters. The van der Waals surface area contributed by atoms with Gasteiger partial charge in [-0.3, -0.25) is 19.1 Å². The number of carbonyl (C=O) groups is 1. The number of imidazole rings is 1. The monoisotopic (exact) mass is 411 g/mol. The number of hydrogen-bond donors (Lipinski definition) is 0. The number of nitrogens with zero attached hydrogens (tertiary/aromatic N) is 5. The third kappa shape index (κ3) is 3.86. The molecule has 0 radical (unpaired) electrons. The molecule has 0 aromatic carbocycles. The van der Waals surface area contributed by atoms with Crippen molar-refractivity contribution in [2.24, 2.45) is 0 Å². The molecule has 0 aliphatic carbocycles. The highest BCUT2D eigenvalue weighted by atomic mass is 32.1. The van der Waals surface area contributed by atoms with Crippen LogP contribution >= 0.6 is 11.3 Å². The number of ether oxygens (including phenoxy) is 1. The summed E-state index contributed by atoms with van der Waals surface area (Å²) < 4.78 is 8.15. The minimum absolute atomic E-state index is 0.0863. The van der Waals surface area contributed by atoms with Crippen LogP contribution in [-0.4, -0.2) is 62.4 Å². The highest BCUT2D eigenvalue weighted by Gasteiger charge is 2.28. The lowest BCUT2D eigenvalue weighted by atomic mass is 10.1. The largest absolute Gasteiger partial charge is 0.489 e. The van der Waals surface area contributed by atoms with Gasteiger partial charge in [0.05, 0.1) is 11.9 Å². The van der Waals surface area contributed by atoms with Crippen LogP contribution in [0.5, 0.6) is 5.75 Å². The fourth-order valence-electron chi connectivity index (χ4n) is 4.23. The molecule has 3 aromatic rings. The molecule has 5 rings (SSSR count). The lowest BCUT2D eigenvalue weighted by Crippen LogP contribution is -2.38. The van der Waals surface area contributed by atoms with Crippen LogP contribution in [0.15, 0.2) is 36.1 Å². The highest BCUT2D eigenvalue weighted by Crippen LogP contribution is 2.24. The zero-order valence-electron chi connectivity index (χ0n) is 16.4. The lowest BCUT2D eigenvalue weighted by molar-refractivity contribution is 0.0778. The zero-order chi connectivity index (χ0) is 19.6. The Kier molecular flexibility index (Phi) is 5.20. The molecule has 0 atom stereocenters. The van der Waals surface area contributed by atoms with Gasteiger partial charge in [0, 0.05) is 50.5 Å². The summed E-state index contributed by atoms with van der Waals surface area (Å²) in [4.78, 5) is 27.1. The van der Waals surface area contributed by atoms with Gasteiger partial charge in [-0.1, -0.05) is 0 Å². The summed E-state index contributed by atoms with van der Waals surface area (Å²) in [5.41, 5.74) is 1.65. The molecule has 2 saturated heterocycles. The smallest absolute Gasteiger partial charge is 0.274 e. The van der Waals surface area contributed by atoms with Gasteiger partial charge in [-0.2, -0.15) is 0 Å². The van der Waals surface area contributed by atoms with Gasteiger partial charge < -0.3 is 9.64 Å². The van der Waals surface area contributed by atoms with Crippen LogP contribution in [0.1, 0.15) is 41.9 Å². The second-order valence-corrected chi connectivity index (χ2v) is 8.62. The minimum atomic E-state index is 0.0863. The van der Waals surface area contributed by atoms with Gasteiger partial charge in [0.2, 0.25) is 0 Å². The Morgan fingerprint density at radius 2 is 2.03 bits per heavy atom. The molecule has 1 amide bonds. The van der Waals surface area contributed by atoms with Crippen molar-refractivity contribution in [2.75, 3.05) is 26.2 Å². The summed E-state index contributed by atoms with van der Waals surface area (Å²) in [5, 5.41) is 2.03. The topological polar surface area (TPSA) is 63.0 Å². The molecule has 29 heavy (non-hydrogen) atoms. The molecule has 5 heterocycles. The first-order valence-electron chi connectivity index (χ1n) is 10.3. The summed E-state index contributed by atoms with van der Waals surface area (Å²) >= 11 is 1.58. The highest BCUT2D eigenvalue weighted by molar-refractivity contribution is 7.15. The molecular formula is C21H25N5O2S. The number of hydrogen-bond acceptors (Lipinski definition) is 6. The van der Waals surface area contributed by atoms with Gasteiger partial charge in [-0.15, -0.1) is 11.3 Å². The number of aromatic nitrogens is 3. The van der Waals surface area contributed by atoms with E-state index in [4.69, 9.17) is 4.74 Å². The first kappa shape index (κ1) is 18.6. The maximum Gasteiger partial charge on any atom is 0.274 e. The van der Waals surface area contributed by atoms with Crippen LogP contribution in [0.3, 0.4) is 0 Å². The third-order valence-corrected chi connectivity index (χ3v) is 6.56. The van der Waals surface area contributed by atoms with Gasteiger partial charge in [0.1, 0.15) is 11.9 Å². The van der Waals surface area contributed by atoms with Gasteiger partial charge >= 0.3 is 0 Å². The summed E-state index contributed by atoms with van der Waals surface area (Å²) in [6.45, 7) is 4.33. The fourth-order valence-corrected chi connectivity index (χ4v) is 4.96. The summed E-state index contributed by atoms with van der Waals surface area (Å²) in [6.07, 6.45) is 9.89. The molecule has 0 spiro atoms. The van der Waals surface area contributed by atoms with E-state index in [0.717, 1.165) is 74.8 Å². The SMILES string of the molecule is O=C(c1nc2sccn2c1CN1CCC(Oc2cccnc2)CC1)N1CCCC1. The van der Waals surface area contributed by atoms with Crippen LogP contribution in [0.2, 0.25) is 0 Å². The molecule has 2 aliphatic rings. The molecule has 0 N–H and O–H groups in total.